The molecule has 4 aromatic rings. The Kier molecular flexibility index (Phi) is 3.16. The molecule has 0 aliphatic carbocycles. The lowest BCUT2D eigenvalue weighted by molar-refractivity contribution is 0.421. The minimum absolute atomic E-state index is 0.875. The fraction of sp³-hybridized carbons (Fsp3) is 0.0556. The van der Waals surface area contributed by atoms with Crippen LogP contribution in [0.3, 0.4) is 0 Å². The Morgan fingerprint density at radius 1 is 1.05 bits per heavy atom. The first-order chi connectivity index (χ1) is 10.9. The molecule has 0 aliphatic rings. The van der Waals surface area contributed by atoms with E-state index in [2.05, 4.69) is 52.0 Å². The van der Waals surface area contributed by atoms with Crippen molar-refractivity contribution in [2.45, 2.75) is 0 Å². The maximum Gasteiger partial charge on any atom is 0.136 e. The summed E-state index contributed by atoms with van der Waals surface area (Å²) >= 11 is 1.68. The summed E-state index contributed by atoms with van der Waals surface area (Å²) in [7, 11) is 1.71. The summed E-state index contributed by atoms with van der Waals surface area (Å²) < 4.78 is 5.67. The Morgan fingerprint density at radius 2 is 1.95 bits per heavy atom. The Hall–Kier alpha value is -2.59. The van der Waals surface area contributed by atoms with Crippen molar-refractivity contribution in [1.29, 1.82) is 0 Å². The molecule has 2 aromatic heterocycles. The standard InChI is InChI=1S/C18H14N2OS/c1-21-18-13-6-3-2-5-12(13)8-9-14(18)15-11-16(20-19-15)17-7-4-10-22-17/h2-11H,1H3,(H,19,20). The highest BCUT2D eigenvalue weighted by Gasteiger charge is 2.13. The van der Waals surface area contributed by atoms with Gasteiger partial charge in [-0.2, -0.15) is 5.10 Å². The predicted molar refractivity (Wildman–Crippen MR) is 91.4 cm³/mol. The first-order valence-corrected chi connectivity index (χ1v) is 7.90. The Bertz CT molecular complexity index is 925. The molecule has 0 amide bonds. The molecule has 3 nitrogen and oxygen atoms in total. The lowest BCUT2D eigenvalue weighted by atomic mass is 10.0. The van der Waals surface area contributed by atoms with Gasteiger partial charge in [-0.05, 0) is 29.0 Å². The van der Waals surface area contributed by atoms with Crippen LogP contribution in [0, 0.1) is 0 Å². The SMILES string of the molecule is COc1c(-c2cc(-c3cccs3)n[nH]2)ccc2ccccc12. The first kappa shape index (κ1) is 13.1. The summed E-state index contributed by atoms with van der Waals surface area (Å²) in [6.07, 6.45) is 0. The van der Waals surface area contributed by atoms with Gasteiger partial charge in [0.25, 0.3) is 0 Å². The van der Waals surface area contributed by atoms with E-state index in [-0.39, 0.29) is 0 Å². The zero-order valence-corrected chi connectivity index (χ0v) is 12.9. The third-order valence-corrected chi connectivity index (χ3v) is 4.62. The molecule has 0 saturated heterocycles. The molecular formula is C18H14N2OS. The number of H-pyrrole nitrogens is 1. The van der Waals surface area contributed by atoms with Crippen molar-refractivity contribution < 1.29 is 4.74 Å². The molecule has 22 heavy (non-hydrogen) atoms. The summed E-state index contributed by atoms with van der Waals surface area (Å²) in [5.41, 5.74) is 2.95. The van der Waals surface area contributed by atoms with Gasteiger partial charge >= 0.3 is 0 Å². The fourth-order valence-electron chi connectivity index (χ4n) is 2.69. The molecule has 4 heteroatoms. The quantitative estimate of drug-likeness (QED) is 0.580. The third kappa shape index (κ3) is 2.09. The maximum atomic E-state index is 5.67. The maximum absolute atomic E-state index is 5.67. The number of hydrogen-bond acceptors (Lipinski definition) is 3. The van der Waals surface area contributed by atoms with Crippen LogP contribution in [-0.2, 0) is 0 Å². The second-order valence-corrected chi connectivity index (χ2v) is 5.96. The van der Waals surface area contributed by atoms with Crippen LogP contribution in [-0.4, -0.2) is 17.3 Å². The van der Waals surface area contributed by atoms with Gasteiger partial charge in [0.1, 0.15) is 11.4 Å². The molecule has 0 radical (unpaired) electrons. The van der Waals surface area contributed by atoms with Crippen LogP contribution in [0.5, 0.6) is 5.75 Å². The number of methoxy groups -OCH3 is 1. The lowest BCUT2D eigenvalue weighted by Crippen LogP contribution is -1.90. The largest absolute Gasteiger partial charge is 0.495 e. The summed E-state index contributed by atoms with van der Waals surface area (Å²) in [6, 6.07) is 18.6. The average molecular weight is 306 g/mol. The molecule has 0 fully saturated rings. The van der Waals surface area contributed by atoms with Gasteiger partial charge in [0.15, 0.2) is 0 Å². The van der Waals surface area contributed by atoms with Crippen LogP contribution < -0.4 is 4.74 Å². The lowest BCUT2D eigenvalue weighted by Gasteiger charge is -2.10. The Morgan fingerprint density at radius 3 is 2.77 bits per heavy atom. The molecule has 2 aromatic carbocycles. The van der Waals surface area contributed by atoms with Gasteiger partial charge in [0, 0.05) is 10.9 Å². The number of aromatic nitrogens is 2. The summed E-state index contributed by atoms with van der Waals surface area (Å²) in [5.74, 6) is 0.875. The third-order valence-electron chi connectivity index (χ3n) is 3.73. The summed E-state index contributed by atoms with van der Waals surface area (Å²) in [4.78, 5) is 1.15. The molecule has 0 saturated carbocycles. The van der Waals surface area contributed by atoms with Crippen LogP contribution in [0.4, 0.5) is 0 Å². The number of nitrogens with one attached hydrogen (secondary N) is 1. The Labute approximate surface area is 132 Å². The topological polar surface area (TPSA) is 37.9 Å². The van der Waals surface area contributed by atoms with Crippen LogP contribution in [0.1, 0.15) is 0 Å². The summed E-state index contributed by atoms with van der Waals surface area (Å²) in [6.45, 7) is 0. The second-order valence-electron chi connectivity index (χ2n) is 5.01. The number of thiophene rings is 1. The molecule has 0 atom stereocenters. The van der Waals surface area contributed by atoms with E-state index in [0.717, 1.165) is 33.0 Å². The van der Waals surface area contributed by atoms with Gasteiger partial charge in [-0.3, -0.25) is 5.10 Å². The number of fused-ring (bicyclic) bond motifs is 1. The van der Waals surface area contributed by atoms with E-state index >= 15 is 0 Å². The fourth-order valence-corrected chi connectivity index (χ4v) is 3.37. The molecule has 4 rings (SSSR count). The highest BCUT2D eigenvalue weighted by molar-refractivity contribution is 7.13. The van der Waals surface area contributed by atoms with Crippen molar-refractivity contribution in [3.63, 3.8) is 0 Å². The highest BCUT2D eigenvalue weighted by Crippen LogP contribution is 2.37. The molecule has 0 bridgehead atoms. The number of aromatic amines is 1. The minimum Gasteiger partial charge on any atom is -0.495 e. The van der Waals surface area contributed by atoms with Gasteiger partial charge in [-0.25, -0.2) is 0 Å². The first-order valence-electron chi connectivity index (χ1n) is 7.02. The van der Waals surface area contributed by atoms with Crippen molar-refractivity contribution in [2.24, 2.45) is 0 Å². The molecule has 1 N–H and O–H groups in total. The van der Waals surface area contributed by atoms with Gasteiger partial charge in [-0.1, -0.05) is 36.4 Å². The van der Waals surface area contributed by atoms with Crippen LogP contribution in [0.15, 0.2) is 60.0 Å². The van der Waals surface area contributed by atoms with E-state index < -0.39 is 0 Å². The van der Waals surface area contributed by atoms with Gasteiger partial charge in [-0.15, -0.1) is 11.3 Å². The van der Waals surface area contributed by atoms with Crippen molar-refractivity contribution >= 4 is 22.1 Å². The molecule has 0 spiro atoms. The van der Waals surface area contributed by atoms with Crippen molar-refractivity contribution in [1.82, 2.24) is 10.2 Å². The smallest absolute Gasteiger partial charge is 0.136 e. The highest BCUT2D eigenvalue weighted by atomic mass is 32.1. The monoisotopic (exact) mass is 306 g/mol. The number of ether oxygens (including phenoxy) is 1. The van der Waals surface area contributed by atoms with Gasteiger partial charge in [0.2, 0.25) is 0 Å². The van der Waals surface area contributed by atoms with Crippen LogP contribution >= 0.6 is 11.3 Å². The van der Waals surface area contributed by atoms with Crippen molar-refractivity contribution in [3.8, 4) is 27.6 Å². The zero-order valence-electron chi connectivity index (χ0n) is 12.0. The average Bonchev–Trinajstić information content (AvgIpc) is 3.24. The molecule has 108 valence electrons. The molecule has 2 heterocycles. The van der Waals surface area contributed by atoms with E-state index in [0.29, 0.717) is 0 Å². The normalized spacial score (nSPS) is 11.0. The van der Waals surface area contributed by atoms with E-state index in [4.69, 9.17) is 4.74 Å². The number of benzene rings is 2. The predicted octanol–water partition coefficient (Wildman–Crippen LogP) is 4.97. The van der Waals surface area contributed by atoms with Gasteiger partial charge in [0.05, 0.1) is 17.7 Å². The molecule has 0 unspecified atom stereocenters. The summed E-state index contributed by atoms with van der Waals surface area (Å²) in [5, 5.41) is 11.9. The zero-order chi connectivity index (χ0) is 14.9. The van der Waals surface area contributed by atoms with Crippen molar-refractivity contribution in [2.75, 3.05) is 7.11 Å². The van der Waals surface area contributed by atoms with Crippen molar-refractivity contribution in [3.05, 3.63) is 60.0 Å². The van der Waals surface area contributed by atoms with Crippen LogP contribution in [0.2, 0.25) is 0 Å². The molecule has 0 aliphatic heterocycles. The minimum atomic E-state index is 0.875. The Balaban J connectivity index is 1.87. The van der Waals surface area contributed by atoms with E-state index in [1.54, 1.807) is 18.4 Å². The second kappa shape index (κ2) is 5.31. The number of rotatable bonds is 3. The van der Waals surface area contributed by atoms with E-state index in [1.807, 2.05) is 18.2 Å². The van der Waals surface area contributed by atoms with Gasteiger partial charge < -0.3 is 4.74 Å². The number of nitrogens with zero attached hydrogens (tertiary/aromatic N) is 1. The number of hydrogen-bond donors (Lipinski definition) is 1. The van der Waals surface area contributed by atoms with Crippen LogP contribution in [0.25, 0.3) is 32.6 Å². The molecular weight excluding hydrogens is 292 g/mol. The van der Waals surface area contributed by atoms with E-state index in [9.17, 15) is 0 Å². The van der Waals surface area contributed by atoms with E-state index in [1.165, 1.54) is 5.39 Å².